The van der Waals surface area contributed by atoms with Crippen LogP contribution in [0.15, 0.2) is 66.7 Å². The van der Waals surface area contributed by atoms with Gasteiger partial charge in [0.2, 0.25) is 0 Å². The molecule has 0 bridgehead atoms. The van der Waals surface area contributed by atoms with Gasteiger partial charge < -0.3 is 23.7 Å². The molecule has 1 aliphatic heterocycles. The molecule has 3 aromatic rings. The molecular formula is C28H25BrF4O6. The summed E-state index contributed by atoms with van der Waals surface area (Å²) in [4.78, 5) is 13.0. The minimum Gasteiger partial charge on any atom is -0.453 e. The monoisotopic (exact) mass is 612 g/mol. The lowest BCUT2D eigenvalue weighted by molar-refractivity contribution is -0.305. The molecule has 0 unspecified atom stereocenters. The van der Waals surface area contributed by atoms with E-state index in [0.29, 0.717) is 0 Å². The highest BCUT2D eigenvalue weighted by atomic mass is 79.9. The third kappa shape index (κ3) is 7.64. The van der Waals surface area contributed by atoms with Crippen LogP contribution in [0.4, 0.5) is 17.6 Å². The van der Waals surface area contributed by atoms with Gasteiger partial charge in [-0.15, -0.1) is 0 Å². The van der Waals surface area contributed by atoms with Crippen LogP contribution in [0.2, 0.25) is 0 Å². The fraction of sp³-hybridized carbons (Fsp3) is 0.321. The number of alkyl halides is 1. The molecule has 6 nitrogen and oxygen atoms in total. The first-order valence-corrected chi connectivity index (χ1v) is 13.0. The number of benzene rings is 3. The zero-order valence-electron chi connectivity index (χ0n) is 20.7. The van der Waals surface area contributed by atoms with Gasteiger partial charge in [-0.05, 0) is 47.5 Å². The second-order valence-corrected chi connectivity index (χ2v) is 9.42. The predicted octanol–water partition coefficient (Wildman–Crippen LogP) is 5.71. The van der Waals surface area contributed by atoms with Crippen molar-refractivity contribution in [2.24, 2.45) is 0 Å². The first kappa shape index (κ1) is 29.2. The smallest absolute Gasteiger partial charge is 0.338 e. The molecule has 1 aliphatic rings. The Kier molecular flexibility index (Phi) is 10.1. The first-order chi connectivity index (χ1) is 18.8. The Hall–Kier alpha value is -2.83. The van der Waals surface area contributed by atoms with Crippen molar-refractivity contribution >= 4 is 21.9 Å². The highest BCUT2D eigenvalue weighted by molar-refractivity contribution is 9.09. The van der Waals surface area contributed by atoms with Crippen LogP contribution in [0.25, 0.3) is 0 Å². The minimum absolute atomic E-state index is 0.183. The number of ether oxygens (including phenoxy) is 5. The number of halogens is 5. The molecule has 1 fully saturated rings. The molecule has 0 radical (unpaired) electrons. The van der Waals surface area contributed by atoms with Gasteiger partial charge in [0.25, 0.3) is 0 Å². The summed E-state index contributed by atoms with van der Waals surface area (Å²) in [6.45, 7) is -0.548. The van der Waals surface area contributed by atoms with E-state index in [1.165, 1.54) is 7.11 Å². The average Bonchev–Trinajstić information content (AvgIpc) is 2.90. The van der Waals surface area contributed by atoms with E-state index >= 15 is 0 Å². The van der Waals surface area contributed by atoms with E-state index < -0.39 is 59.9 Å². The second kappa shape index (κ2) is 13.5. The lowest BCUT2D eigenvalue weighted by Gasteiger charge is -2.44. The number of rotatable bonds is 10. The van der Waals surface area contributed by atoms with Crippen LogP contribution in [0.3, 0.4) is 0 Å². The fourth-order valence-electron chi connectivity index (χ4n) is 4.24. The summed E-state index contributed by atoms with van der Waals surface area (Å²) < 4.78 is 84.5. The molecule has 0 aliphatic carbocycles. The number of methoxy groups -OCH3 is 1. The van der Waals surface area contributed by atoms with E-state index in [-0.39, 0.29) is 35.2 Å². The summed E-state index contributed by atoms with van der Waals surface area (Å²) in [5.74, 6) is -3.82. The summed E-state index contributed by atoms with van der Waals surface area (Å²) in [5.41, 5.74) is 0.648. The van der Waals surface area contributed by atoms with Crippen LogP contribution in [-0.4, -0.2) is 49.1 Å². The molecule has 0 N–H and O–H groups in total. The molecule has 11 heteroatoms. The van der Waals surface area contributed by atoms with Gasteiger partial charge in [-0.1, -0.05) is 34.1 Å². The van der Waals surface area contributed by atoms with Crippen LogP contribution in [0.5, 0.6) is 0 Å². The lowest BCUT2D eigenvalue weighted by atomic mass is 9.98. The van der Waals surface area contributed by atoms with Crippen molar-refractivity contribution in [3.05, 3.63) is 107 Å². The number of hydrogen-bond donors (Lipinski definition) is 0. The Balaban J connectivity index is 1.64. The van der Waals surface area contributed by atoms with Crippen molar-refractivity contribution < 1.29 is 46.0 Å². The summed E-state index contributed by atoms with van der Waals surface area (Å²) in [5, 5.41) is 0.204. The molecule has 0 aromatic heterocycles. The van der Waals surface area contributed by atoms with Gasteiger partial charge in [-0.25, -0.2) is 22.4 Å². The van der Waals surface area contributed by atoms with Crippen LogP contribution < -0.4 is 0 Å². The van der Waals surface area contributed by atoms with Crippen molar-refractivity contribution in [1.82, 2.24) is 0 Å². The Morgan fingerprint density at radius 3 is 1.79 bits per heavy atom. The number of carbonyl (C=O) groups is 1. The molecule has 208 valence electrons. The third-order valence-electron chi connectivity index (χ3n) is 5.96. The van der Waals surface area contributed by atoms with E-state index in [9.17, 15) is 22.4 Å². The standard InChI is InChI=1S/C28H25BrF4O6/c1-35-28-26(37-15-17-9-21(32)12-22(33)10-17)25(36-14-16-7-19(30)11-20(31)8-16)24(23(13-29)38-28)39-27(34)18-5-3-2-4-6-18/h2-12,23-26,28H,13-15H2,1H3/t23-,24-,25+,26-,28+/m1/s1. The van der Waals surface area contributed by atoms with Gasteiger partial charge in [0.15, 0.2) is 12.4 Å². The van der Waals surface area contributed by atoms with E-state index in [0.717, 1.165) is 36.4 Å². The molecule has 5 atom stereocenters. The Morgan fingerprint density at radius 2 is 1.31 bits per heavy atom. The second-order valence-electron chi connectivity index (χ2n) is 8.78. The third-order valence-corrected chi connectivity index (χ3v) is 6.60. The van der Waals surface area contributed by atoms with Crippen molar-refractivity contribution in [1.29, 1.82) is 0 Å². The van der Waals surface area contributed by atoms with Crippen LogP contribution >= 0.6 is 15.9 Å². The van der Waals surface area contributed by atoms with Gasteiger partial charge >= 0.3 is 5.97 Å². The van der Waals surface area contributed by atoms with Gasteiger partial charge in [-0.2, -0.15) is 0 Å². The van der Waals surface area contributed by atoms with Crippen molar-refractivity contribution in [3.63, 3.8) is 0 Å². The highest BCUT2D eigenvalue weighted by Gasteiger charge is 2.49. The van der Waals surface area contributed by atoms with E-state index in [4.69, 9.17) is 23.7 Å². The maximum Gasteiger partial charge on any atom is 0.338 e. The fourth-order valence-corrected chi connectivity index (χ4v) is 4.76. The lowest BCUT2D eigenvalue weighted by Crippen LogP contribution is -2.61. The Bertz CT molecular complexity index is 1220. The molecule has 0 spiro atoms. The molecular weight excluding hydrogens is 588 g/mol. The van der Waals surface area contributed by atoms with Crippen LogP contribution in [0, 0.1) is 23.3 Å². The van der Waals surface area contributed by atoms with E-state index in [1.54, 1.807) is 30.3 Å². The van der Waals surface area contributed by atoms with Crippen molar-refractivity contribution in [2.75, 3.05) is 12.4 Å². The van der Waals surface area contributed by atoms with Crippen molar-refractivity contribution in [2.45, 2.75) is 43.9 Å². The Labute approximate surface area is 230 Å². The average molecular weight is 613 g/mol. The van der Waals surface area contributed by atoms with Gasteiger partial charge in [0, 0.05) is 24.6 Å². The molecule has 1 heterocycles. The predicted molar refractivity (Wildman–Crippen MR) is 135 cm³/mol. The summed E-state index contributed by atoms with van der Waals surface area (Å²) in [6.07, 6.45) is -5.06. The summed E-state index contributed by atoms with van der Waals surface area (Å²) >= 11 is 3.36. The van der Waals surface area contributed by atoms with E-state index in [1.807, 2.05) is 0 Å². The SMILES string of the molecule is CO[C@H]1O[C@H](CBr)[C@@H](OC(=O)c2ccccc2)[C@H](OCc2cc(F)cc(F)c2)[C@H]1OCc1cc(F)cc(F)c1. The van der Waals surface area contributed by atoms with Gasteiger partial charge in [0.05, 0.1) is 18.8 Å². The van der Waals surface area contributed by atoms with Crippen LogP contribution in [-0.2, 0) is 36.9 Å². The Morgan fingerprint density at radius 1 is 0.795 bits per heavy atom. The van der Waals surface area contributed by atoms with Crippen LogP contribution in [0.1, 0.15) is 21.5 Å². The number of esters is 1. The number of carbonyl (C=O) groups excluding carboxylic acids is 1. The van der Waals surface area contributed by atoms with E-state index in [2.05, 4.69) is 15.9 Å². The zero-order valence-corrected chi connectivity index (χ0v) is 22.3. The highest BCUT2D eigenvalue weighted by Crippen LogP contribution is 2.32. The molecule has 3 aromatic carbocycles. The molecule has 0 amide bonds. The number of hydrogen-bond acceptors (Lipinski definition) is 6. The van der Waals surface area contributed by atoms with Gasteiger partial charge in [-0.3, -0.25) is 0 Å². The molecule has 39 heavy (non-hydrogen) atoms. The molecule has 1 saturated heterocycles. The quantitative estimate of drug-likeness (QED) is 0.166. The summed E-state index contributed by atoms with van der Waals surface area (Å²) in [6, 6.07) is 14.1. The maximum absolute atomic E-state index is 13.8. The maximum atomic E-state index is 13.8. The summed E-state index contributed by atoms with van der Waals surface area (Å²) in [7, 11) is 1.36. The van der Waals surface area contributed by atoms with Crippen molar-refractivity contribution in [3.8, 4) is 0 Å². The van der Waals surface area contributed by atoms with Gasteiger partial charge in [0.1, 0.15) is 41.6 Å². The molecule has 4 rings (SSSR count). The first-order valence-electron chi connectivity index (χ1n) is 11.9. The minimum atomic E-state index is -1.08. The topological polar surface area (TPSA) is 63.2 Å². The largest absolute Gasteiger partial charge is 0.453 e. The zero-order chi connectivity index (χ0) is 27.9. The molecule has 0 saturated carbocycles. The normalized spacial score (nSPS) is 23.0.